The van der Waals surface area contributed by atoms with Crippen LogP contribution < -0.4 is 5.32 Å². The van der Waals surface area contributed by atoms with Gasteiger partial charge in [-0.3, -0.25) is 4.79 Å². The molecule has 104 valence electrons. The van der Waals surface area contributed by atoms with E-state index in [0.717, 1.165) is 13.0 Å². The molecular formula is C16H24N2O. The Hall–Kier alpha value is -1.35. The molecule has 1 aromatic rings. The fraction of sp³-hybridized carbons (Fsp3) is 0.562. The van der Waals surface area contributed by atoms with E-state index in [2.05, 4.69) is 43.4 Å². The standard InChI is InChI=1S/C16H24N2O/c1-16(2)11-12-7-5-6-8-13(12)15(16)17-10-9-14(19)18(3)4/h5-8,15,17H,9-11H2,1-4H3. The largest absolute Gasteiger partial charge is 0.349 e. The van der Waals surface area contributed by atoms with E-state index >= 15 is 0 Å². The van der Waals surface area contributed by atoms with E-state index in [-0.39, 0.29) is 11.3 Å². The van der Waals surface area contributed by atoms with Gasteiger partial charge in [-0.1, -0.05) is 38.1 Å². The van der Waals surface area contributed by atoms with Gasteiger partial charge >= 0.3 is 0 Å². The van der Waals surface area contributed by atoms with Crippen LogP contribution in [0.5, 0.6) is 0 Å². The van der Waals surface area contributed by atoms with Crippen molar-refractivity contribution in [2.45, 2.75) is 32.7 Å². The van der Waals surface area contributed by atoms with Crippen molar-refractivity contribution in [3.63, 3.8) is 0 Å². The van der Waals surface area contributed by atoms with E-state index < -0.39 is 0 Å². The monoisotopic (exact) mass is 260 g/mol. The Morgan fingerprint density at radius 1 is 1.37 bits per heavy atom. The van der Waals surface area contributed by atoms with E-state index in [4.69, 9.17) is 0 Å². The van der Waals surface area contributed by atoms with Gasteiger partial charge in [0.15, 0.2) is 0 Å². The third-order valence-corrected chi connectivity index (χ3v) is 3.98. The highest BCUT2D eigenvalue weighted by atomic mass is 16.2. The van der Waals surface area contributed by atoms with E-state index in [0.29, 0.717) is 12.5 Å². The summed E-state index contributed by atoms with van der Waals surface area (Å²) in [5.41, 5.74) is 3.04. The zero-order chi connectivity index (χ0) is 14.0. The maximum atomic E-state index is 11.6. The molecule has 0 aromatic heterocycles. The Bertz CT molecular complexity index is 466. The summed E-state index contributed by atoms with van der Waals surface area (Å²) in [4.78, 5) is 13.3. The number of carbonyl (C=O) groups is 1. The summed E-state index contributed by atoms with van der Waals surface area (Å²) in [7, 11) is 3.61. The first-order chi connectivity index (χ1) is 8.92. The number of hydrogen-bond acceptors (Lipinski definition) is 2. The van der Waals surface area contributed by atoms with Gasteiger partial charge in [0.2, 0.25) is 5.91 Å². The van der Waals surface area contributed by atoms with Crippen LogP contribution in [0.15, 0.2) is 24.3 Å². The van der Waals surface area contributed by atoms with Crippen LogP contribution in [-0.2, 0) is 11.2 Å². The van der Waals surface area contributed by atoms with Crippen molar-refractivity contribution in [1.82, 2.24) is 10.2 Å². The quantitative estimate of drug-likeness (QED) is 0.901. The average Bonchev–Trinajstić information content (AvgIpc) is 2.60. The molecule has 1 amide bonds. The number of rotatable bonds is 4. The molecule has 0 fully saturated rings. The molecule has 1 aliphatic carbocycles. The number of nitrogens with one attached hydrogen (secondary N) is 1. The summed E-state index contributed by atoms with van der Waals surface area (Å²) < 4.78 is 0. The number of amides is 1. The minimum atomic E-state index is 0.177. The van der Waals surface area contributed by atoms with Gasteiger partial charge in [0, 0.05) is 33.1 Å². The van der Waals surface area contributed by atoms with E-state index in [1.165, 1.54) is 11.1 Å². The van der Waals surface area contributed by atoms with Crippen LogP contribution in [0.4, 0.5) is 0 Å². The summed E-state index contributed by atoms with van der Waals surface area (Å²) in [5.74, 6) is 0.177. The lowest BCUT2D eigenvalue weighted by Crippen LogP contribution is -2.34. The summed E-state index contributed by atoms with van der Waals surface area (Å²) in [5, 5.41) is 3.57. The lowest BCUT2D eigenvalue weighted by atomic mass is 9.85. The Kier molecular flexibility index (Phi) is 3.95. The van der Waals surface area contributed by atoms with Crippen molar-refractivity contribution in [1.29, 1.82) is 0 Å². The van der Waals surface area contributed by atoms with Crippen LogP contribution in [0, 0.1) is 5.41 Å². The predicted octanol–water partition coefficient (Wildman–Crippen LogP) is 2.38. The van der Waals surface area contributed by atoms with Crippen molar-refractivity contribution < 1.29 is 4.79 Å². The molecule has 0 bridgehead atoms. The molecule has 0 aliphatic heterocycles. The molecule has 1 aliphatic rings. The van der Waals surface area contributed by atoms with E-state index in [1.54, 1.807) is 19.0 Å². The highest BCUT2D eigenvalue weighted by molar-refractivity contribution is 5.75. The number of fused-ring (bicyclic) bond motifs is 1. The minimum Gasteiger partial charge on any atom is -0.349 e. The highest BCUT2D eigenvalue weighted by Gasteiger charge is 2.38. The number of benzene rings is 1. The molecule has 0 spiro atoms. The van der Waals surface area contributed by atoms with Crippen LogP contribution in [0.25, 0.3) is 0 Å². The van der Waals surface area contributed by atoms with Crippen LogP contribution in [0.3, 0.4) is 0 Å². The van der Waals surface area contributed by atoms with Crippen molar-refractivity contribution in [3.8, 4) is 0 Å². The first kappa shape index (κ1) is 14.1. The van der Waals surface area contributed by atoms with Crippen LogP contribution in [0.1, 0.15) is 37.4 Å². The highest BCUT2D eigenvalue weighted by Crippen LogP contribution is 2.44. The third kappa shape index (κ3) is 2.98. The van der Waals surface area contributed by atoms with Gasteiger partial charge in [0.1, 0.15) is 0 Å². The van der Waals surface area contributed by atoms with Crippen LogP contribution in [0.2, 0.25) is 0 Å². The van der Waals surface area contributed by atoms with Gasteiger partial charge < -0.3 is 10.2 Å². The molecule has 3 heteroatoms. The lowest BCUT2D eigenvalue weighted by molar-refractivity contribution is -0.128. The second-order valence-corrected chi connectivity index (χ2v) is 6.29. The molecule has 0 saturated carbocycles. The van der Waals surface area contributed by atoms with Crippen molar-refractivity contribution in [2.24, 2.45) is 5.41 Å². The number of hydrogen-bond donors (Lipinski definition) is 1. The zero-order valence-electron chi connectivity index (χ0n) is 12.4. The molecule has 2 rings (SSSR count). The summed E-state index contributed by atoms with van der Waals surface area (Å²) in [6, 6.07) is 8.96. The molecular weight excluding hydrogens is 236 g/mol. The van der Waals surface area contributed by atoms with Crippen LogP contribution in [-0.4, -0.2) is 31.4 Å². The normalized spacial score (nSPS) is 20.1. The van der Waals surface area contributed by atoms with E-state index in [9.17, 15) is 4.79 Å². The second kappa shape index (κ2) is 5.33. The molecule has 1 N–H and O–H groups in total. The van der Waals surface area contributed by atoms with Gasteiger partial charge in [0.25, 0.3) is 0 Å². The first-order valence-electron chi connectivity index (χ1n) is 6.93. The molecule has 0 saturated heterocycles. The molecule has 0 radical (unpaired) electrons. The molecule has 19 heavy (non-hydrogen) atoms. The Balaban J connectivity index is 2.01. The van der Waals surface area contributed by atoms with Gasteiger partial charge in [-0.2, -0.15) is 0 Å². The zero-order valence-corrected chi connectivity index (χ0v) is 12.4. The Morgan fingerprint density at radius 2 is 2.05 bits per heavy atom. The van der Waals surface area contributed by atoms with Gasteiger partial charge in [-0.15, -0.1) is 0 Å². The van der Waals surface area contributed by atoms with Crippen LogP contribution >= 0.6 is 0 Å². The summed E-state index contributed by atoms with van der Waals surface area (Å²) in [6.07, 6.45) is 1.66. The minimum absolute atomic E-state index is 0.177. The molecule has 0 heterocycles. The smallest absolute Gasteiger partial charge is 0.223 e. The molecule has 3 nitrogen and oxygen atoms in total. The fourth-order valence-electron chi connectivity index (χ4n) is 2.92. The van der Waals surface area contributed by atoms with Crippen molar-refractivity contribution in [2.75, 3.05) is 20.6 Å². The summed E-state index contributed by atoms with van der Waals surface area (Å²) in [6.45, 7) is 5.32. The molecule has 1 atom stereocenters. The van der Waals surface area contributed by atoms with Gasteiger partial charge in [0.05, 0.1) is 0 Å². The second-order valence-electron chi connectivity index (χ2n) is 6.29. The molecule has 1 unspecified atom stereocenters. The average molecular weight is 260 g/mol. The lowest BCUT2D eigenvalue weighted by Gasteiger charge is -2.28. The Morgan fingerprint density at radius 3 is 2.74 bits per heavy atom. The maximum Gasteiger partial charge on any atom is 0.223 e. The predicted molar refractivity (Wildman–Crippen MR) is 78.0 cm³/mol. The Labute approximate surface area is 116 Å². The number of nitrogens with zero attached hydrogens (tertiary/aromatic N) is 1. The first-order valence-corrected chi connectivity index (χ1v) is 6.93. The SMILES string of the molecule is CN(C)C(=O)CCNC1c2ccccc2CC1(C)C. The van der Waals surface area contributed by atoms with Crippen molar-refractivity contribution in [3.05, 3.63) is 35.4 Å². The maximum absolute atomic E-state index is 11.6. The van der Waals surface area contributed by atoms with Gasteiger partial charge in [-0.05, 0) is 23.0 Å². The summed E-state index contributed by atoms with van der Waals surface area (Å²) >= 11 is 0. The topological polar surface area (TPSA) is 32.3 Å². The van der Waals surface area contributed by atoms with Crippen molar-refractivity contribution >= 4 is 5.91 Å². The van der Waals surface area contributed by atoms with E-state index in [1.807, 2.05) is 0 Å². The van der Waals surface area contributed by atoms with Gasteiger partial charge in [-0.25, -0.2) is 0 Å². The third-order valence-electron chi connectivity index (χ3n) is 3.98. The number of carbonyl (C=O) groups excluding carboxylic acids is 1. The fourth-order valence-corrected chi connectivity index (χ4v) is 2.92. The molecule has 1 aromatic carbocycles.